The maximum Gasteiger partial charge on any atom is 0.261 e. The molecule has 27 heavy (non-hydrogen) atoms. The Kier molecular flexibility index (Phi) is 5.91. The van der Waals surface area contributed by atoms with Crippen molar-refractivity contribution in [3.05, 3.63) is 63.6 Å². The van der Waals surface area contributed by atoms with Crippen molar-refractivity contribution >= 4 is 33.7 Å². The van der Waals surface area contributed by atoms with E-state index in [9.17, 15) is 14.4 Å². The second kappa shape index (κ2) is 8.35. The van der Waals surface area contributed by atoms with Crippen LogP contribution in [0.1, 0.15) is 39.1 Å². The number of carbonyl (C=O) groups excluding carboxylic acids is 3. The molecule has 0 fully saturated rings. The molecule has 140 valence electrons. The van der Waals surface area contributed by atoms with Gasteiger partial charge in [-0.2, -0.15) is 0 Å². The number of methoxy groups -OCH3 is 1. The first-order chi connectivity index (χ1) is 13.0. The van der Waals surface area contributed by atoms with Crippen molar-refractivity contribution in [2.75, 3.05) is 13.7 Å². The van der Waals surface area contributed by atoms with Gasteiger partial charge in [-0.1, -0.05) is 28.1 Å². The predicted molar refractivity (Wildman–Crippen MR) is 104 cm³/mol. The second-order valence-electron chi connectivity index (χ2n) is 6.14. The normalized spacial score (nSPS) is 12.9. The number of rotatable bonds is 7. The molecule has 2 aromatic rings. The highest BCUT2D eigenvalue weighted by Gasteiger charge is 2.34. The Morgan fingerprint density at radius 1 is 1.11 bits per heavy atom. The molecule has 0 unspecified atom stereocenters. The molecule has 1 heterocycles. The molecule has 0 saturated carbocycles. The Bertz CT molecular complexity index is 862. The zero-order chi connectivity index (χ0) is 19.4. The lowest BCUT2D eigenvalue weighted by molar-refractivity contribution is -0.121. The minimum atomic E-state index is -0.296. The summed E-state index contributed by atoms with van der Waals surface area (Å²) in [7, 11) is 1.58. The van der Waals surface area contributed by atoms with Gasteiger partial charge in [-0.05, 0) is 36.8 Å². The monoisotopic (exact) mass is 430 g/mol. The number of imide groups is 1. The summed E-state index contributed by atoms with van der Waals surface area (Å²) in [5.41, 5.74) is 1.71. The molecule has 0 radical (unpaired) electrons. The van der Waals surface area contributed by atoms with Crippen LogP contribution in [0.5, 0.6) is 5.75 Å². The van der Waals surface area contributed by atoms with E-state index in [2.05, 4.69) is 21.2 Å². The summed E-state index contributed by atoms with van der Waals surface area (Å²) in [6.45, 7) is 0.564. The van der Waals surface area contributed by atoms with Crippen molar-refractivity contribution in [2.24, 2.45) is 0 Å². The van der Waals surface area contributed by atoms with Crippen molar-refractivity contribution in [1.82, 2.24) is 10.2 Å². The minimum absolute atomic E-state index is 0.145. The van der Waals surface area contributed by atoms with Crippen molar-refractivity contribution < 1.29 is 19.1 Å². The Morgan fingerprint density at radius 2 is 1.78 bits per heavy atom. The van der Waals surface area contributed by atoms with Crippen LogP contribution in [-0.2, 0) is 11.3 Å². The Labute approximate surface area is 165 Å². The second-order valence-corrected chi connectivity index (χ2v) is 7.06. The van der Waals surface area contributed by atoms with E-state index in [4.69, 9.17) is 4.74 Å². The maximum absolute atomic E-state index is 12.3. The highest BCUT2D eigenvalue weighted by Crippen LogP contribution is 2.24. The number of nitrogens with zero attached hydrogens (tertiary/aromatic N) is 1. The molecule has 7 heteroatoms. The minimum Gasteiger partial charge on any atom is -0.496 e. The first-order valence-corrected chi connectivity index (χ1v) is 9.35. The van der Waals surface area contributed by atoms with Crippen molar-refractivity contribution in [2.45, 2.75) is 19.4 Å². The van der Waals surface area contributed by atoms with E-state index >= 15 is 0 Å². The highest BCUT2D eigenvalue weighted by molar-refractivity contribution is 9.10. The first-order valence-electron chi connectivity index (χ1n) is 8.55. The van der Waals surface area contributed by atoms with E-state index in [-0.39, 0.29) is 30.7 Å². The van der Waals surface area contributed by atoms with Gasteiger partial charge in [-0.25, -0.2) is 0 Å². The smallest absolute Gasteiger partial charge is 0.261 e. The Morgan fingerprint density at radius 3 is 2.41 bits per heavy atom. The van der Waals surface area contributed by atoms with Gasteiger partial charge in [0, 0.05) is 29.5 Å². The van der Waals surface area contributed by atoms with Crippen molar-refractivity contribution in [3.8, 4) is 5.75 Å². The lowest BCUT2D eigenvalue weighted by Crippen LogP contribution is -2.32. The summed E-state index contributed by atoms with van der Waals surface area (Å²) in [6.07, 6.45) is 0.636. The summed E-state index contributed by atoms with van der Waals surface area (Å²) < 4.78 is 6.18. The fraction of sp³-hybridized carbons (Fsp3) is 0.250. The summed E-state index contributed by atoms with van der Waals surface area (Å²) in [4.78, 5) is 37.9. The highest BCUT2D eigenvalue weighted by atomic mass is 79.9. The van der Waals surface area contributed by atoms with Gasteiger partial charge in [-0.15, -0.1) is 0 Å². The van der Waals surface area contributed by atoms with Gasteiger partial charge in [0.15, 0.2) is 0 Å². The lowest BCUT2D eigenvalue weighted by atomic mass is 10.1. The van der Waals surface area contributed by atoms with E-state index in [1.54, 1.807) is 31.4 Å². The molecular formula is C20H19BrN2O4. The third kappa shape index (κ3) is 4.19. The van der Waals surface area contributed by atoms with E-state index in [0.717, 1.165) is 10.0 Å². The van der Waals surface area contributed by atoms with Crippen LogP contribution in [0.15, 0.2) is 46.9 Å². The largest absolute Gasteiger partial charge is 0.496 e. The summed E-state index contributed by atoms with van der Waals surface area (Å²) >= 11 is 3.40. The summed E-state index contributed by atoms with van der Waals surface area (Å²) in [5, 5.41) is 2.84. The van der Waals surface area contributed by atoms with E-state index in [1.807, 2.05) is 18.2 Å². The molecule has 0 aromatic heterocycles. The molecule has 1 aliphatic rings. The molecule has 1 N–H and O–H groups in total. The van der Waals surface area contributed by atoms with Crippen LogP contribution in [0, 0.1) is 0 Å². The predicted octanol–water partition coefficient (Wildman–Crippen LogP) is 3.15. The number of hydrogen-bond acceptors (Lipinski definition) is 4. The van der Waals surface area contributed by atoms with Crippen molar-refractivity contribution in [1.29, 1.82) is 0 Å². The number of halogens is 1. The molecule has 0 atom stereocenters. The Hall–Kier alpha value is -2.67. The quantitative estimate of drug-likeness (QED) is 0.684. The summed E-state index contributed by atoms with van der Waals surface area (Å²) in [5.74, 6) is -0.0390. The van der Waals surface area contributed by atoms with Crippen LogP contribution in [0.2, 0.25) is 0 Å². The summed E-state index contributed by atoms with van der Waals surface area (Å²) in [6, 6.07) is 12.3. The third-order valence-electron chi connectivity index (χ3n) is 4.38. The van der Waals surface area contributed by atoms with Gasteiger partial charge >= 0.3 is 0 Å². The molecule has 0 saturated heterocycles. The number of carbonyl (C=O) groups is 3. The topological polar surface area (TPSA) is 75.7 Å². The third-order valence-corrected chi connectivity index (χ3v) is 4.88. The number of benzene rings is 2. The molecule has 3 rings (SSSR count). The van der Waals surface area contributed by atoms with Crippen LogP contribution in [0.4, 0.5) is 0 Å². The van der Waals surface area contributed by atoms with Crippen LogP contribution >= 0.6 is 15.9 Å². The van der Waals surface area contributed by atoms with E-state index in [0.29, 0.717) is 29.8 Å². The van der Waals surface area contributed by atoms with Crippen LogP contribution < -0.4 is 10.1 Å². The number of amides is 3. The number of nitrogens with one attached hydrogen (secondary N) is 1. The van der Waals surface area contributed by atoms with Crippen LogP contribution in [0.3, 0.4) is 0 Å². The van der Waals surface area contributed by atoms with Crippen LogP contribution in [0.25, 0.3) is 0 Å². The molecule has 0 aliphatic carbocycles. The number of fused-ring (bicyclic) bond motifs is 1. The van der Waals surface area contributed by atoms with E-state index < -0.39 is 0 Å². The lowest BCUT2D eigenvalue weighted by Gasteiger charge is -2.14. The molecule has 2 aromatic carbocycles. The average molecular weight is 431 g/mol. The zero-order valence-corrected chi connectivity index (χ0v) is 16.4. The molecule has 0 spiro atoms. The molecule has 1 aliphatic heterocycles. The van der Waals surface area contributed by atoms with Crippen LogP contribution in [-0.4, -0.2) is 36.3 Å². The van der Waals surface area contributed by atoms with Crippen molar-refractivity contribution in [3.63, 3.8) is 0 Å². The van der Waals surface area contributed by atoms with Gasteiger partial charge in [0.05, 0.1) is 18.2 Å². The van der Waals surface area contributed by atoms with Gasteiger partial charge in [0.25, 0.3) is 11.8 Å². The number of hydrogen-bond donors (Lipinski definition) is 1. The fourth-order valence-corrected chi connectivity index (χ4v) is 3.42. The molecule has 0 bridgehead atoms. The molecule has 6 nitrogen and oxygen atoms in total. The fourth-order valence-electron chi connectivity index (χ4n) is 3.01. The standard InChI is InChI=1S/C20H19BrN2O4/c1-27-17-9-8-14(21)11-13(17)12-22-18(24)7-4-10-23-19(25)15-5-2-3-6-16(15)20(23)26/h2-3,5-6,8-9,11H,4,7,10,12H2,1H3,(H,22,24). The molecular weight excluding hydrogens is 412 g/mol. The maximum atomic E-state index is 12.3. The van der Waals surface area contributed by atoms with Gasteiger partial charge in [-0.3, -0.25) is 19.3 Å². The van der Waals surface area contributed by atoms with E-state index in [1.165, 1.54) is 4.90 Å². The average Bonchev–Trinajstić information content (AvgIpc) is 2.91. The molecule has 3 amide bonds. The first kappa shape index (κ1) is 19.1. The Balaban J connectivity index is 1.49. The number of ether oxygens (including phenoxy) is 1. The SMILES string of the molecule is COc1ccc(Br)cc1CNC(=O)CCCN1C(=O)c2ccccc2C1=O. The van der Waals surface area contributed by atoms with Gasteiger partial charge in [0.1, 0.15) is 5.75 Å². The van der Waals surface area contributed by atoms with Gasteiger partial charge < -0.3 is 10.1 Å². The zero-order valence-electron chi connectivity index (χ0n) is 14.8. The van der Waals surface area contributed by atoms with Gasteiger partial charge in [0.2, 0.25) is 5.91 Å².